The molecule has 3 N–H and O–H groups in total. The molecule has 1 heterocycles. The van der Waals surface area contributed by atoms with Crippen LogP contribution in [0.15, 0.2) is 54.7 Å². The molecule has 3 aromatic rings. The molecule has 31 heavy (non-hydrogen) atoms. The molecule has 0 aliphatic carbocycles. The molecule has 2 atom stereocenters. The van der Waals surface area contributed by atoms with Crippen molar-refractivity contribution in [1.29, 1.82) is 0 Å². The van der Waals surface area contributed by atoms with Crippen molar-refractivity contribution in [2.75, 3.05) is 19.5 Å². The van der Waals surface area contributed by atoms with Crippen molar-refractivity contribution in [2.24, 2.45) is 0 Å². The lowest BCUT2D eigenvalue weighted by molar-refractivity contribution is -0.129. The zero-order valence-corrected chi connectivity index (χ0v) is 18.7. The molecule has 0 spiro atoms. The third-order valence-corrected chi connectivity index (χ3v) is 5.72. The molecule has 164 valence electrons. The van der Waals surface area contributed by atoms with Gasteiger partial charge in [-0.05, 0) is 24.1 Å². The van der Waals surface area contributed by atoms with Crippen LogP contribution < -0.4 is 10.6 Å². The number of fused-ring (bicyclic) bond motifs is 1. The summed E-state index contributed by atoms with van der Waals surface area (Å²) in [5.74, 6) is 0.0123. The highest BCUT2D eigenvalue weighted by Gasteiger charge is 2.35. The summed E-state index contributed by atoms with van der Waals surface area (Å²) in [4.78, 5) is 28.5. The molecule has 0 aliphatic heterocycles. The maximum Gasteiger partial charge on any atom is 0.238 e. The quantitative estimate of drug-likeness (QED) is 0.274. The van der Waals surface area contributed by atoms with Gasteiger partial charge in [-0.3, -0.25) is 4.79 Å². The zero-order chi connectivity index (χ0) is 22.3. The number of aromatic nitrogens is 1. The van der Waals surface area contributed by atoms with Gasteiger partial charge in [0.1, 0.15) is 11.8 Å². The van der Waals surface area contributed by atoms with Crippen LogP contribution in [-0.2, 0) is 27.3 Å². The normalized spacial score (nSPS) is 14.2. The van der Waals surface area contributed by atoms with Crippen molar-refractivity contribution in [1.82, 2.24) is 15.6 Å². The van der Waals surface area contributed by atoms with Crippen molar-refractivity contribution in [3.05, 3.63) is 71.4 Å². The fourth-order valence-electron chi connectivity index (χ4n) is 3.63. The summed E-state index contributed by atoms with van der Waals surface area (Å²) in [5.41, 5.74) is 3.00. The Kier molecular flexibility index (Phi) is 7.90. The first-order chi connectivity index (χ1) is 15.0. The number of methoxy groups -OCH3 is 1. The van der Waals surface area contributed by atoms with Crippen molar-refractivity contribution in [3.8, 4) is 0 Å². The van der Waals surface area contributed by atoms with Crippen molar-refractivity contribution in [3.63, 3.8) is 0 Å². The Morgan fingerprint density at radius 1 is 1.23 bits per heavy atom. The number of benzene rings is 2. The molecule has 0 unspecified atom stereocenters. The predicted octanol–water partition coefficient (Wildman–Crippen LogP) is 2.81. The summed E-state index contributed by atoms with van der Waals surface area (Å²) >= 11 is 4.34. The molecule has 0 fully saturated rings. The van der Waals surface area contributed by atoms with Gasteiger partial charge in [-0.25, -0.2) is 0 Å². The Morgan fingerprint density at radius 3 is 2.65 bits per heavy atom. The van der Waals surface area contributed by atoms with Crippen LogP contribution in [0.25, 0.3) is 10.9 Å². The maximum absolute atomic E-state index is 13.0. The van der Waals surface area contributed by atoms with Crippen molar-refractivity contribution < 1.29 is 14.3 Å². The van der Waals surface area contributed by atoms with Crippen LogP contribution in [0, 0.1) is 6.92 Å². The van der Waals surface area contributed by atoms with Crippen molar-refractivity contribution >= 4 is 35.7 Å². The summed E-state index contributed by atoms with van der Waals surface area (Å²) in [6, 6.07) is 15.4. The van der Waals surface area contributed by atoms with Gasteiger partial charge in [-0.2, -0.15) is 12.6 Å². The molecule has 0 saturated heterocycles. The Bertz CT molecular complexity index is 1020. The summed E-state index contributed by atoms with van der Waals surface area (Å²) in [5, 5.41) is 7.17. The number of H-pyrrole nitrogens is 1. The van der Waals surface area contributed by atoms with Crippen LogP contribution >= 0.6 is 12.6 Å². The zero-order valence-electron chi connectivity index (χ0n) is 17.9. The van der Waals surface area contributed by atoms with Gasteiger partial charge in [0.05, 0.1) is 12.6 Å². The molecule has 6 nitrogen and oxygen atoms in total. The van der Waals surface area contributed by atoms with E-state index in [0.29, 0.717) is 18.7 Å². The fraction of sp³-hybridized carbons (Fsp3) is 0.333. The van der Waals surface area contributed by atoms with E-state index in [2.05, 4.69) is 28.2 Å². The molecule has 0 radical (unpaired) electrons. The Morgan fingerprint density at radius 2 is 1.97 bits per heavy atom. The molecule has 0 bridgehead atoms. The first kappa shape index (κ1) is 23.1. The van der Waals surface area contributed by atoms with Gasteiger partial charge < -0.3 is 25.1 Å². The third-order valence-electron chi connectivity index (χ3n) is 5.35. The van der Waals surface area contributed by atoms with Crippen LogP contribution in [0.1, 0.15) is 16.7 Å². The average molecular weight is 440 g/mol. The minimum Gasteiger partial charge on any atom is -0.382 e. The van der Waals surface area contributed by atoms with E-state index in [1.807, 2.05) is 61.7 Å². The van der Waals surface area contributed by atoms with Gasteiger partial charge in [0.25, 0.3) is 0 Å². The topological polar surface area (TPSA) is 83.2 Å². The van der Waals surface area contributed by atoms with E-state index >= 15 is 0 Å². The summed E-state index contributed by atoms with van der Waals surface area (Å²) in [6.45, 7) is 2.63. The SMILES string of the molecule is COC[C@](C=O)(Cc1c[nH]c2ccccc12)NC(=O)[C@H](CS)NCc1ccc(C)cc1. The fourth-order valence-corrected chi connectivity index (χ4v) is 3.93. The number of hydrogen-bond acceptors (Lipinski definition) is 5. The first-order valence-electron chi connectivity index (χ1n) is 10.2. The molecule has 0 aliphatic rings. The van der Waals surface area contributed by atoms with Gasteiger partial charge in [-0.15, -0.1) is 0 Å². The standard InChI is InChI=1S/C24H29N3O3S/c1-17-7-9-18(10-8-17)12-25-22(14-31)23(29)27-24(15-28,16-30-2)11-19-13-26-21-6-4-3-5-20(19)21/h3-10,13,15,22,25-26,31H,11-12,14,16H2,1-2H3,(H,27,29)/t22-,24+/m0/s1. The third kappa shape index (κ3) is 5.76. The number of aryl methyl sites for hydroxylation is 1. The smallest absolute Gasteiger partial charge is 0.238 e. The predicted molar refractivity (Wildman–Crippen MR) is 126 cm³/mol. The van der Waals surface area contributed by atoms with Gasteiger partial charge >= 0.3 is 0 Å². The molecule has 3 rings (SSSR count). The lowest BCUT2D eigenvalue weighted by Gasteiger charge is -2.30. The highest BCUT2D eigenvalue weighted by molar-refractivity contribution is 7.80. The van der Waals surface area contributed by atoms with Gasteiger partial charge in [0, 0.05) is 42.9 Å². The van der Waals surface area contributed by atoms with Crippen LogP contribution in [0.3, 0.4) is 0 Å². The minimum absolute atomic E-state index is 0.0685. The van der Waals surface area contributed by atoms with E-state index in [1.165, 1.54) is 12.7 Å². The second kappa shape index (κ2) is 10.6. The van der Waals surface area contributed by atoms with Gasteiger partial charge in [-0.1, -0.05) is 48.0 Å². The minimum atomic E-state index is -1.18. The Hall–Kier alpha value is -2.61. The number of thiol groups is 1. The number of ether oxygens (including phenoxy) is 1. The Balaban J connectivity index is 1.74. The monoisotopic (exact) mass is 439 g/mol. The van der Waals surface area contributed by atoms with Crippen LogP contribution in [0.4, 0.5) is 0 Å². The lowest BCUT2D eigenvalue weighted by Crippen LogP contribution is -2.59. The van der Waals surface area contributed by atoms with E-state index in [1.54, 1.807) is 0 Å². The molecular formula is C24H29N3O3S. The summed E-state index contributed by atoms with van der Waals surface area (Å²) in [6.07, 6.45) is 2.96. The summed E-state index contributed by atoms with van der Waals surface area (Å²) < 4.78 is 5.32. The van der Waals surface area contributed by atoms with Crippen LogP contribution in [0.5, 0.6) is 0 Å². The first-order valence-corrected chi connectivity index (χ1v) is 10.9. The number of rotatable bonds is 11. The highest BCUT2D eigenvalue weighted by Crippen LogP contribution is 2.22. The van der Waals surface area contributed by atoms with E-state index in [-0.39, 0.29) is 12.5 Å². The maximum atomic E-state index is 13.0. The second-order valence-corrected chi connectivity index (χ2v) is 8.20. The number of nitrogens with one attached hydrogen (secondary N) is 3. The van der Waals surface area contributed by atoms with E-state index in [4.69, 9.17) is 4.74 Å². The van der Waals surface area contributed by atoms with Crippen LogP contribution in [0.2, 0.25) is 0 Å². The number of aldehydes is 1. The summed E-state index contributed by atoms with van der Waals surface area (Å²) in [7, 11) is 1.52. The number of hydrogen-bond donors (Lipinski definition) is 4. The highest BCUT2D eigenvalue weighted by atomic mass is 32.1. The molecule has 1 amide bonds. The van der Waals surface area contributed by atoms with Gasteiger partial charge in [0.2, 0.25) is 5.91 Å². The van der Waals surface area contributed by atoms with E-state index in [9.17, 15) is 9.59 Å². The largest absolute Gasteiger partial charge is 0.382 e. The van der Waals surface area contributed by atoms with Crippen molar-refractivity contribution in [2.45, 2.75) is 31.5 Å². The molecular weight excluding hydrogens is 410 g/mol. The lowest BCUT2D eigenvalue weighted by atomic mass is 9.92. The molecule has 1 aromatic heterocycles. The molecule has 2 aromatic carbocycles. The second-order valence-electron chi connectivity index (χ2n) is 7.83. The van der Waals surface area contributed by atoms with Gasteiger partial charge in [0.15, 0.2) is 0 Å². The number of aromatic amines is 1. The van der Waals surface area contributed by atoms with E-state index < -0.39 is 11.6 Å². The average Bonchev–Trinajstić information content (AvgIpc) is 3.18. The number of carbonyl (C=O) groups excluding carboxylic acids is 2. The van der Waals surface area contributed by atoms with Crippen LogP contribution in [-0.4, -0.2) is 48.2 Å². The Labute approximate surface area is 188 Å². The number of para-hydroxylation sites is 1. The molecule has 0 saturated carbocycles. The van der Waals surface area contributed by atoms with E-state index in [0.717, 1.165) is 28.3 Å². The number of carbonyl (C=O) groups is 2. The molecule has 7 heteroatoms. The number of amides is 1.